The van der Waals surface area contributed by atoms with Gasteiger partial charge in [-0.05, 0) is 106 Å². The highest BCUT2D eigenvalue weighted by atomic mass is 14.3. The third kappa shape index (κ3) is 6.49. The Kier molecular flexibility index (Phi) is 8.70. The third-order valence-corrected chi connectivity index (χ3v) is 7.62. The number of rotatable bonds is 7. The first-order valence-electron chi connectivity index (χ1n) is 13.3. The number of aryl methyl sites for hydroxylation is 1. The average Bonchev–Trinajstić information content (AvgIpc) is 3.16. The van der Waals surface area contributed by atoms with Gasteiger partial charge in [0.25, 0.3) is 0 Å². The van der Waals surface area contributed by atoms with Crippen LogP contribution in [0.15, 0.2) is 83.0 Å². The van der Waals surface area contributed by atoms with Crippen molar-refractivity contribution in [2.45, 2.75) is 87.5 Å². The van der Waals surface area contributed by atoms with Crippen LogP contribution in [0.1, 0.15) is 95.9 Å². The van der Waals surface area contributed by atoms with Crippen molar-refractivity contribution >= 4 is 0 Å². The quantitative estimate of drug-likeness (QED) is 0.282. The summed E-state index contributed by atoms with van der Waals surface area (Å²) >= 11 is 0. The van der Waals surface area contributed by atoms with Gasteiger partial charge in [0, 0.05) is 29.7 Å². The molecule has 0 heteroatoms. The van der Waals surface area contributed by atoms with E-state index in [0.29, 0.717) is 5.92 Å². The van der Waals surface area contributed by atoms with Gasteiger partial charge in [0.15, 0.2) is 0 Å². The standard InChI is InChI=1S/C35H45/c1-24(2)31-20-17-28(6)34-30(19-21-32(34)29(31)7)18-16-25(3)13-10-11-14-26(4)23-33-27(5)15-12-22-35(33,8)9/h10-11,13-14,16-21,23-24H,12,15,22H2,1-9H3/q+1/b13-10+,14-11+,25-16+,26-23+. The van der Waals surface area contributed by atoms with E-state index in [0.717, 1.165) is 0 Å². The number of allylic oxidation sites excluding steroid dienone is 10. The summed E-state index contributed by atoms with van der Waals surface area (Å²) < 4.78 is 0. The van der Waals surface area contributed by atoms with E-state index in [1.807, 2.05) is 0 Å². The molecule has 0 fully saturated rings. The van der Waals surface area contributed by atoms with Crippen LogP contribution in [-0.4, -0.2) is 0 Å². The third-order valence-electron chi connectivity index (χ3n) is 7.62. The van der Waals surface area contributed by atoms with Gasteiger partial charge >= 0.3 is 0 Å². The van der Waals surface area contributed by atoms with Gasteiger partial charge in [-0.15, -0.1) is 0 Å². The SMILES string of the molecule is CC1=C(/C=C(C)/C=C/C=C/C(C)=C/[CH+]c2ccc3c(C)c(C(C)C)ccc(C)c2-3)C(C)(C)CCC1. The van der Waals surface area contributed by atoms with Gasteiger partial charge in [-0.3, -0.25) is 0 Å². The second-order valence-electron chi connectivity index (χ2n) is 11.4. The number of hydrogen-bond acceptors (Lipinski definition) is 0. The molecule has 0 aromatic rings. The average molecular weight is 466 g/mol. The minimum Gasteiger partial charge on any atom is -0.0696 e. The first-order valence-corrected chi connectivity index (χ1v) is 13.3. The van der Waals surface area contributed by atoms with Crippen LogP contribution in [0.25, 0.3) is 11.1 Å². The Morgan fingerprint density at radius 1 is 0.943 bits per heavy atom. The van der Waals surface area contributed by atoms with E-state index in [-0.39, 0.29) is 5.41 Å². The Bertz CT molecular complexity index is 1170. The highest BCUT2D eigenvalue weighted by molar-refractivity contribution is 5.79. The lowest BCUT2D eigenvalue weighted by atomic mass is 9.72. The van der Waals surface area contributed by atoms with E-state index in [4.69, 9.17) is 0 Å². The zero-order valence-corrected chi connectivity index (χ0v) is 23.5. The maximum atomic E-state index is 2.39. The molecule has 184 valence electrons. The number of hydrogen-bond donors (Lipinski definition) is 0. The predicted octanol–water partition coefficient (Wildman–Crippen LogP) is 10.6. The molecule has 0 N–H and O–H groups in total. The van der Waals surface area contributed by atoms with Crippen molar-refractivity contribution in [3.05, 3.63) is 112 Å². The predicted molar refractivity (Wildman–Crippen MR) is 156 cm³/mol. The fraction of sp³-hybridized carbons (Fsp3) is 0.400. The van der Waals surface area contributed by atoms with Crippen molar-refractivity contribution in [1.82, 2.24) is 0 Å². The van der Waals surface area contributed by atoms with Crippen LogP contribution in [0.3, 0.4) is 0 Å². The molecule has 3 aliphatic carbocycles. The Morgan fingerprint density at radius 2 is 1.63 bits per heavy atom. The molecular weight excluding hydrogens is 420 g/mol. The molecule has 0 heterocycles. The second-order valence-corrected chi connectivity index (χ2v) is 11.4. The van der Waals surface area contributed by atoms with E-state index in [1.165, 1.54) is 69.4 Å². The monoisotopic (exact) mass is 465 g/mol. The summed E-state index contributed by atoms with van der Waals surface area (Å²) in [6.07, 6.45) is 19.4. The van der Waals surface area contributed by atoms with Gasteiger partial charge in [-0.2, -0.15) is 0 Å². The van der Waals surface area contributed by atoms with E-state index in [9.17, 15) is 0 Å². The molecule has 0 saturated heterocycles. The van der Waals surface area contributed by atoms with Crippen molar-refractivity contribution < 1.29 is 0 Å². The van der Waals surface area contributed by atoms with E-state index < -0.39 is 0 Å². The molecule has 0 aliphatic heterocycles. The lowest BCUT2D eigenvalue weighted by Crippen LogP contribution is -2.19. The molecule has 0 atom stereocenters. The second kappa shape index (κ2) is 11.3. The van der Waals surface area contributed by atoms with Crippen LogP contribution >= 0.6 is 0 Å². The van der Waals surface area contributed by atoms with Crippen LogP contribution in [0.5, 0.6) is 0 Å². The first kappa shape index (κ1) is 26.9. The smallest absolute Gasteiger partial charge is 0.0696 e. The Labute approximate surface area is 215 Å². The molecule has 0 aromatic heterocycles. The lowest BCUT2D eigenvalue weighted by Gasteiger charge is -2.33. The zero-order valence-electron chi connectivity index (χ0n) is 23.5. The summed E-state index contributed by atoms with van der Waals surface area (Å²) in [5.74, 6) is 0.529. The van der Waals surface area contributed by atoms with Gasteiger partial charge in [-0.1, -0.05) is 69.2 Å². The molecule has 3 aliphatic rings. The maximum absolute atomic E-state index is 2.39. The molecule has 0 amide bonds. The van der Waals surface area contributed by atoms with E-state index in [2.05, 4.69) is 129 Å². The normalized spacial score (nSPS) is 17.4. The Balaban J connectivity index is 1.70. The summed E-state index contributed by atoms with van der Waals surface area (Å²) in [6, 6.07) is 9.14. The van der Waals surface area contributed by atoms with Gasteiger partial charge in [0.1, 0.15) is 5.56 Å². The van der Waals surface area contributed by atoms with Crippen molar-refractivity contribution in [2.75, 3.05) is 0 Å². The van der Waals surface area contributed by atoms with E-state index in [1.54, 1.807) is 5.57 Å². The van der Waals surface area contributed by atoms with Crippen molar-refractivity contribution in [3.63, 3.8) is 0 Å². The fourth-order valence-corrected chi connectivity index (χ4v) is 5.52. The van der Waals surface area contributed by atoms with Crippen molar-refractivity contribution in [3.8, 4) is 11.1 Å². The van der Waals surface area contributed by atoms with E-state index >= 15 is 0 Å². The molecule has 0 nitrogen and oxygen atoms in total. The largest absolute Gasteiger partial charge is 0.104 e. The summed E-state index contributed by atoms with van der Waals surface area (Å²) in [5, 5.41) is 0. The zero-order chi connectivity index (χ0) is 25.8. The van der Waals surface area contributed by atoms with Crippen LogP contribution < -0.4 is 0 Å². The molecule has 0 saturated carbocycles. The van der Waals surface area contributed by atoms with Gasteiger partial charge in [0.05, 0.1) is 5.56 Å². The fourth-order valence-electron chi connectivity index (χ4n) is 5.52. The van der Waals surface area contributed by atoms with Crippen molar-refractivity contribution in [2.24, 2.45) is 5.41 Å². The molecule has 0 unspecified atom stereocenters. The van der Waals surface area contributed by atoms with Crippen LogP contribution in [0.4, 0.5) is 0 Å². The highest BCUT2D eigenvalue weighted by Crippen LogP contribution is 2.41. The molecule has 0 spiro atoms. The van der Waals surface area contributed by atoms with Crippen LogP contribution in [0, 0.1) is 25.7 Å². The molecule has 0 radical (unpaired) electrons. The molecule has 0 bridgehead atoms. The molecule has 0 aromatic carbocycles. The lowest BCUT2D eigenvalue weighted by molar-refractivity contribution is 0.376. The minimum atomic E-state index is 0.289. The Hall–Kier alpha value is -2.73. The van der Waals surface area contributed by atoms with Gasteiger partial charge in [-0.25, -0.2) is 0 Å². The summed E-state index contributed by atoms with van der Waals surface area (Å²) in [6.45, 7) is 20.5. The highest BCUT2D eigenvalue weighted by Gasteiger charge is 2.26. The topological polar surface area (TPSA) is 0 Å². The minimum absolute atomic E-state index is 0.289. The summed E-state index contributed by atoms with van der Waals surface area (Å²) in [5.41, 5.74) is 14.2. The molecule has 3 rings (SSSR count). The van der Waals surface area contributed by atoms with Crippen LogP contribution in [0.2, 0.25) is 0 Å². The summed E-state index contributed by atoms with van der Waals surface area (Å²) in [4.78, 5) is 0. The summed E-state index contributed by atoms with van der Waals surface area (Å²) in [7, 11) is 0. The molecule has 35 heavy (non-hydrogen) atoms. The van der Waals surface area contributed by atoms with Crippen molar-refractivity contribution in [1.29, 1.82) is 0 Å². The maximum Gasteiger partial charge on any atom is 0.104 e. The van der Waals surface area contributed by atoms with Gasteiger partial charge < -0.3 is 0 Å². The first-order chi connectivity index (χ1) is 16.5. The van der Waals surface area contributed by atoms with Gasteiger partial charge in [0.2, 0.25) is 0 Å². The van der Waals surface area contributed by atoms with Crippen LogP contribution in [-0.2, 0) is 0 Å². The Morgan fingerprint density at radius 3 is 2.29 bits per heavy atom. The molecular formula is C35H45+. The number of fused-ring (bicyclic) bond motifs is 1.